The Labute approximate surface area is 223 Å². The van der Waals surface area contributed by atoms with E-state index in [1.165, 1.54) is 18.3 Å². The van der Waals surface area contributed by atoms with Crippen molar-refractivity contribution in [1.82, 2.24) is 15.6 Å². The lowest BCUT2D eigenvalue weighted by molar-refractivity contribution is -0.137. The van der Waals surface area contributed by atoms with E-state index in [0.29, 0.717) is 24.5 Å². The highest BCUT2D eigenvalue weighted by Gasteiger charge is 2.42. The fourth-order valence-electron chi connectivity index (χ4n) is 4.95. The van der Waals surface area contributed by atoms with E-state index in [4.69, 9.17) is 18.0 Å². The van der Waals surface area contributed by atoms with Crippen LogP contribution in [0.1, 0.15) is 54.5 Å². The third-order valence-electron chi connectivity index (χ3n) is 6.86. The van der Waals surface area contributed by atoms with Crippen LogP contribution in [0.2, 0.25) is 5.02 Å². The number of nitrogens with one attached hydrogen (secondary N) is 2. The minimum Gasteiger partial charge on any atom is -0.323 e. The summed E-state index contributed by atoms with van der Waals surface area (Å²) >= 11 is 6.06. The number of hydrogen-bond donors (Lipinski definition) is 2. The number of amides is 2. The largest absolute Gasteiger partial charge is 0.416 e. The Morgan fingerprint density at radius 1 is 1.03 bits per heavy atom. The number of carbonyl (C=O) groups excluding carboxylic acids is 1. The summed E-state index contributed by atoms with van der Waals surface area (Å²) in [6, 6.07) is 13.4. The first-order valence-corrected chi connectivity index (χ1v) is 12.6. The average Bonchev–Trinajstić information content (AvgIpc) is 2.89. The molecule has 1 saturated carbocycles. The number of benzene rings is 2. The molecular weight excluding hydrogens is 518 g/mol. The van der Waals surface area contributed by atoms with Crippen molar-refractivity contribution in [3.05, 3.63) is 100 Å². The predicted octanol–water partition coefficient (Wildman–Crippen LogP) is 7.01. The summed E-state index contributed by atoms with van der Waals surface area (Å²) in [6.45, 7) is 0. The zero-order chi connectivity index (χ0) is 27.4. The van der Waals surface area contributed by atoms with Crippen LogP contribution in [0.15, 0.2) is 66.9 Å². The van der Waals surface area contributed by atoms with Gasteiger partial charge >= 0.3 is 12.2 Å². The van der Waals surface area contributed by atoms with Crippen molar-refractivity contribution in [2.45, 2.75) is 55.8 Å². The van der Waals surface area contributed by atoms with E-state index in [1.54, 1.807) is 30.3 Å². The van der Waals surface area contributed by atoms with Gasteiger partial charge in [0.25, 0.3) is 0 Å². The van der Waals surface area contributed by atoms with Crippen molar-refractivity contribution in [2.75, 3.05) is 0 Å². The molecule has 0 bridgehead atoms. The highest BCUT2D eigenvalue weighted by atomic mass is 35.5. The number of urea groups is 1. The van der Waals surface area contributed by atoms with Gasteiger partial charge in [-0.05, 0) is 54.3 Å². The molecular formula is C29H26ClF4N3O. The lowest BCUT2D eigenvalue weighted by Gasteiger charge is -2.39. The smallest absolute Gasteiger partial charge is 0.323 e. The maximum Gasteiger partial charge on any atom is 0.416 e. The molecule has 4 nitrogen and oxygen atoms in total. The number of carbonyl (C=O) groups is 1. The van der Waals surface area contributed by atoms with Crippen LogP contribution in [0, 0.1) is 18.2 Å². The van der Waals surface area contributed by atoms with Gasteiger partial charge in [-0.3, -0.25) is 4.98 Å². The SMILES string of the molecule is C#CC1(NC(=O)NC(Cc2ccccc2)(c2cc(F)cc(C(F)(F)F)c2)c2ccc(Cl)cn2)CCCCC1. The van der Waals surface area contributed by atoms with Crippen molar-refractivity contribution in [2.24, 2.45) is 0 Å². The third-order valence-corrected chi connectivity index (χ3v) is 7.08. The van der Waals surface area contributed by atoms with Crippen molar-refractivity contribution < 1.29 is 22.4 Å². The van der Waals surface area contributed by atoms with E-state index < -0.39 is 34.7 Å². The number of aromatic nitrogens is 1. The third kappa shape index (κ3) is 6.11. The number of pyridine rings is 1. The number of terminal acetylenes is 1. The Morgan fingerprint density at radius 2 is 1.71 bits per heavy atom. The first-order chi connectivity index (χ1) is 18.1. The van der Waals surface area contributed by atoms with Gasteiger partial charge in [-0.25, -0.2) is 9.18 Å². The van der Waals surface area contributed by atoms with E-state index >= 15 is 0 Å². The van der Waals surface area contributed by atoms with Crippen LogP contribution in [0.4, 0.5) is 22.4 Å². The van der Waals surface area contributed by atoms with E-state index in [9.17, 15) is 22.4 Å². The second-order valence-corrected chi connectivity index (χ2v) is 9.96. The van der Waals surface area contributed by atoms with Crippen LogP contribution < -0.4 is 10.6 Å². The first-order valence-electron chi connectivity index (χ1n) is 12.2. The van der Waals surface area contributed by atoms with Crippen LogP contribution in [-0.2, 0) is 18.1 Å². The zero-order valence-corrected chi connectivity index (χ0v) is 21.2. The number of halogens is 5. The minimum atomic E-state index is -4.82. The van der Waals surface area contributed by atoms with Gasteiger partial charge in [0.2, 0.25) is 0 Å². The van der Waals surface area contributed by atoms with E-state index in [1.807, 2.05) is 0 Å². The quantitative estimate of drug-likeness (QED) is 0.259. The topological polar surface area (TPSA) is 54.0 Å². The van der Waals surface area contributed by atoms with Crippen molar-refractivity contribution in [3.63, 3.8) is 0 Å². The maximum absolute atomic E-state index is 14.7. The Balaban J connectivity index is 1.89. The second-order valence-electron chi connectivity index (χ2n) is 9.52. The van der Waals surface area contributed by atoms with Gasteiger partial charge in [0.15, 0.2) is 0 Å². The monoisotopic (exact) mass is 543 g/mol. The summed E-state index contributed by atoms with van der Waals surface area (Å²) in [5, 5.41) is 6.02. The summed E-state index contributed by atoms with van der Waals surface area (Å²) in [5.41, 5.74) is -3.06. The Kier molecular flexibility index (Phi) is 7.98. The fourth-order valence-corrected chi connectivity index (χ4v) is 5.07. The van der Waals surface area contributed by atoms with E-state index in [0.717, 1.165) is 31.4 Å². The van der Waals surface area contributed by atoms with E-state index in [-0.39, 0.29) is 22.7 Å². The summed E-state index contributed by atoms with van der Waals surface area (Å²) in [6.07, 6.45) is 6.07. The summed E-state index contributed by atoms with van der Waals surface area (Å²) in [4.78, 5) is 17.9. The first kappa shape index (κ1) is 27.5. The Hall–Kier alpha value is -3.57. The lowest BCUT2D eigenvalue weighted by Crippen LogP contribution is -2.58. The average molecular weight is 544 g/mol. The van der Waals surface area contributed by atoms with E-state index in [2.05, 4.69) is 21.5 Å². The van der Waals surface area contributed by atoms with Gasteiger partial charge in [-0.1, -0.05) is 67.1 Å². The Bertz CT molecular complexity index is 1320. The van der Waals surface area contributed by atoms with Gasteiger partial charge in [0.05, 0.1) is 16.3 Å². The highest BCUT2D eigenvalue weighted by molar-refractivity contribution is 6.30. The van der Waals surface area contributed by atoms with Crippen molar-refractivity contribution in [3.8, 4) is 12.3 Å². The number of hydrogen-bond acceptors (Lipinski definition) is 2. The molecule has 2 N–H and O–H groups in total. The molecule has 4 rings (SSSR count). The normalized spacial score (nSPS) is 16.6. The van der Waals surface area contributed by atoms with Gasteiger partial charge in [0, 0.05) is 12.6 Å². The van der Waals surface area contributed by atoms with Crippen LogP contribution >= 0.6 is 11.6 Å². The minimum absolute atomic E-state index is 0.0281. The molecule has 1 aliphatic rings. The molecule has 2 amide bonds. The number of nitrogens with zero attached hydrogens (tertiary/aromatic N) is 1. The van der Waals surface area contributed by atoms with Crippen molar-refractivity contribution >= 4 is 17.6 Å². The molecule has 198 valence electrons. The molecule has 2 aromatic carbocycles. The van der Waals surface area contributed by atoms with Gasteiger partial charge in [-0.2, -0.15) is 13.2 Å². The predicted molar refractivity (Wildman–Crippen MR) is 138 cm³/mol. The van der Waals surface area contributed by atoms with Crippen LogP contribution in [0.5, 0.6) is 0 Å². The van der Waals surface area contributed by atoms with Gasteiger partial charge < -0.3 is 10.6 Å². The number of alkyl halides is 3. The number of rotatable bonds is 6. The molecule has 0 spiro atoms. The molecule has 38 heavy (non-hydrogen) atoms. The molecule has 0 saturated heterocycles. The molecule has 1 aromatic heterocycles. The maximum atomic E-state index is 14.7. The lowest BCUT2D eigenvalue weighted by atomic mass is 9.79. The molecule has 1 aliphatic carbocycles. The second kappa shape index (κ2) is 11.0. The summed E-state index contributed by atoms with van der Waals surface area (Å²) in [7, 11) is 0. The highest BCUT2D eigenvalue weighted by Crippen LogP contribution is 2.38. The van der Waals surface area contributed by atoms with Crippen LogP contribution in [0.25, 0.3) is 0 Å². The van der Waals surface area contributed by atoms with Crippen molar-refractivity contribution in [1.29, 1.82) is 0 Å². The van der Waals surface area contributed by atoms with Gasteiger partial charge in [-0.15, -0.1) is 6.42 Å². The molecule has 1 unspecified atom stereocenters. The standard InChI is InChI=1S/C29H26ClF4N3O/c1-2-27(13-7-4-8-14-27)36-26(38)37-28(18-20-9-5-3-6-10-20,25-12-11-23(30)19-35-25)21-15-22(29(32,33)34)17-24(31)16-21/h1,3,5-6,9-12,15-17,19H,4,7-8,13-14,18H2,(H2,36,37,38). The molecule has 1 fully saturated rings. The molecule has 9 heteroatoms. The molecule has 0 radical (unpaired) electrons. The van der Waals surface area contributed by atoms with Crippen LogP contribution in [0.3, 0.4) is 0 Å². The molecule has 1 atom stereocenters. The molecule has 1 heterocycles. The fraction of sp³-hybridized carbons (Fsp3) is 0.310. The zero-order valence-electron chi connectivity index (χ0n) is 20.4. The molecule has 3 aromatic rings. The summed E-state index contributed by atoms with van der Waals surface area (Å²) < 4.78 is 56.0. The Morgan fingerprint density at radius 3 is 2.32 bits per heavy atom. The summed E-state index contributed by atoms with van der Waals surface area (Å²) in [5.74, 6) is 1.59. The van der Waals surface area contributed by atoms with Crippen LogP contribution in [-0.4, -0.2) is 16.6 Å². The molecule has 0 aliphatic heterocycles. The van der Waals surface area contributed by atoms with Gasteiger partial charge in [0.1, 0.15) is 16.9 Å².